The minimum atomic E-state index is -3.76. The summed E-state index contributed by atoms with van der Waals surface area (Å²) >= 11 is 0. The molecule has 0 aliphatic heterocycles. The van der Waals surface area contributed by atoms with Crippen LogP contribution in [0.3, 0.4) is 0 Å². The quantitative estimate of drug-likeness (QED) is 0.569. The largest absolute Gasteiger partial charge is 0.481 e. The van der Waals surface area contributed by atoms with E-state index in [0.29, 0.717) is 23.8 Å². The van der Waals surface area contributed by atoms with Crippen LogP contribution >= 0.6 is 0 Å². The number of fused-ring (bicyclic) bond motifs is 3. The van der Waals surface area contributed by atoms with Crippen LogP contribution < -0.4 is 9.88 Å². The summed E-state index contributed by atoms with van der Waals surface area (Å²) < 4.78 is 29.7. The first-order valence-corrected chi connectivity index (χ1v) is 9.12. The van der Waals surface area contributed by atoms with Gasteiger partial charge in [0.05, 0.1) is 37.4 Å². The monoisotopic (exact) mass is 370 g/mol. The lowest BCUT2D eigenvalue weighted by Gasteiger charge is -2.07. The first-order valence-electron chi connectivity index (χ1n) is 7.58. The predicted octanol–water partition coefficient (Wildman–Crippen LogP) is 1.08. The Balaban J connectivity index is 1.78. The lowest BCUT2D eigenvalue weighted by atomic mass is 10.2. The van der Waals surface area contributed by atoms with Crippen LogP contribution in [-0.2, 0) is 16.6 Å². The van der Waals surface area contributed by atoms with Gasteiger partial charge in [0, 0.05) is 17.6 Å². The number of methoxy groups -OCH3 is 1. The van der Waals surface area contributed by atoms with Gasteiger partial charge in [-0.3, -0.25) is 4.98 Å². The molecular weight excluding hydrogens is 356 g/mol. The highest BCUT2D eigenvalue weighted by Gasteiger charge is 2.12. The number of ether oxygens (including phenoxy) is 1. The van der Waals surface area contributed by atoms with Crippen molar-refractivity contribution in [1.82, 2.24) is 24.5 Å². The van der Waals surface area contributed by atoms with Crippen molar-refractivity contribution in [2.75, 3.05) is 7.11 Å². The van der Waals surface area contributed by atoms with E-state index in [2.05, 4.69) is 19.9 Å². The van der Waals surface area contributed by atoms with Crippen LogP contribution in [0.2, 0.25) is 0 Å². The van der Waals surface area contributed by atoms with Gasteiger partial charge >= 0.3 is 0 Å². The van der Waals surface area contributed by atoms with Gasteiger partial charge < -0.3 is 9.30 Å². The summed E-state index contributed by atoms with van der Waals surface area (Å²) in [6, 6.07) is 6.70. The number of aromatic nitrogens is 5. The summed E-state index contributed by atoms with van der Waals surface area (Å²) in [5, 5.41) is 5.93. The number of rotatable bonds is 4. The molecule has 0 spiro atoms. The Labute approximate surface area is 148 Å². The van der Waals surface area contributed by atoms with E-state index in [4.69, 9.17) is 9.88 Å². The zero-order valence-electron chi connectivity index (χ0n) is 13.7. The molecule has 0 saturated carbocycles. The predicted molar refractivity (Wildman–Crippen MR) is 94.1 cm³/mol. The highest BCUT2D eigenvalue weighted by molar-refractivity contribution is 7.89. The maximum atomic E-state index is 11.3. The zero-order valence-corrected chi connectivity index (χ0v) is 14.5. The van der Waals surface area contributed by atoms with Crippen LogP contribution in [0.15, 0.2) is 47.9 Å². The van der Waals surface area contributed by atoms with Gasteiger partial charge in [-0.1, -0.05) is 0 Å². The maximum Gasteiger partial charge on any atom is 0.239 e. The number of hydrogen-bond acceptors (Lipinski definition) is 7. The van der Waals surface area contributed by atoms with Crippen molar-refractivity contribution in [2.24, 2.45) is 5.14 Å². The molecule has 4 rings (SSSR count). The highest BCUT2D eigenvalue weighted by atomic mass is 32.2. The number of nitrogens with two attached hydrogens (primary N) is 1. The Morgan fingerprint density at radius 2 is 1.96 bits per heavy atom. The lowest BCUT2D eigenvalue weighted by Crippen LogP contribution is -2.12. The van der Waals surface area contributed by atoms with Gasteiger partial charge in [0.25, 0.3) is 0 Å². The van der Waals surface area contributed by atoms with Crippen molar-refractivity contribution in [3.05, 3.63) is 48.7 Å². The van der Waals surface area contributed by atoms with E-state index in [9.17, 15) is 8.42 Å². The SMILES string of the molecule is COc1ccc2c(ncc3ncn(Cc4ccc(S(N)(=O)=O)cn4)c32)n1. The molecule has 0 fully saturated rings. The molecule has 0 radical (unpaired) electrons. The number of sulfonamides is 1. The zero-order chi connectivity index (χ0) is 18.3. The standard InChI is InChI=1S/C16H14N6O3S/c1-25-14-5-4-12-15-13(7-19-16(12)21-14)20-9-22(15)8-10-2-3-11(6-18-10)26(17,23)24/h2-7,9H,8H2,1H3,(H2,17,23,24). The van der Waals surface area contributed by atoms with Gasteiger partial charge in [-0.05, 0) is 18.2 Å². The lowest BCUT2D eigenvalue weighted by molar-refractivity contribution is 0.399. The van der Waals surface area contributed by atoms with E-state index in [-0.39, 0.29) is 4.90 Å². The highest BCUT2D eigenvalue weighted by Crippen LogP contribution is 2.24. The van der Waals surface area contributed by atoms with Gasteiger partial charge in [0.15, 0.2) is 5.65 Å². The van der Waals surface area contributed by atoms with E-state index in [1.807, 2.05) is 10.6 Å². The summed E-state index contributed by atoms with van der Waals surface area (Å²) in [5.41, 5.74) is 2.81. The molecule has 4 aromatic rings. The summed E-state index contributed by atoms with van der Waals surface area (Å²) in [4.78, 5) is 17.2. The average molecular weight is 370 g/mol. The first-order chi connectivity index (χ1) is 12.5. The van der Waals surface area contributed by atoms with Crippen LogP contribution in [-0.4, -0.2) is 40.0 Å². The van der Waals surface area contributed by atoms with E-state index in [0.717, 1.165) is 16.4 Å². The van der Waals surface area contributed by atoms with Gasteiger partial charge in [0.2, 0.25) is 15.9 Å². The van der Waals surface area contributed by atoms with Crippen LogP contribution in [0.5, 0.6) is 5.88 Å². The van der Waals surface area contributed by atoms with Crippen LogP contribution in [0.1, 0.15) is 5.69 Å². The van der Waals surface area contributed by atoms with Crippen LogP contribution in [0.25, 0.3) is 22.1 Å². The minimum Gasteiger partial charge on any atom is -0.481 e. The van der Waals surface area contributed by atoms with Crippen molar-refractivity contribution in [3.63, 3.8) is 0 Å². The van der Waals surface area contributed by atoms with Crippen molar-refractivity contribution < 1.29 is 13.2 Å². The molecule has 0 amide bonds. The fourth-order valence-corrected chi connectivity index (χ4v) is 3.16. The van der Waals surface area contributed by atoms with Crippen LogP contribution in [0, 0.1) is 0 Å². The molecule has 0 aromatic carbocycles. The van der Waals surface area contributed by atoms with E-state index < -0.39 is 10.0 Å². The molecule has 10 heteroatoms. The summed E-state index contributed by atoms with van der Waals surface area (Å²) in [7, 11) is -2.21. The molecule has 132 valence electrons. The average Bonchev–Trinajstić information content (AvgIpc) is 3.04. The number of primary sulfonamides is 1. The molecule has 0 unspecified atom stereocenters. The van der Waals surface area contributed by atoms with Crippen molar-refractivity contribution in [3.8, 4) is 5.88 Å². The molecule has 9 nitrogen and oxygen atoms in total. The third-order valence-corrected chi connectivity index (χ3v) is 4.85. The maximum absolute atomic E-state index is 11.3. The molecule has 4 aromatic heterocycles. The molecule has 0 atom stereocenters. The Morgan fingerprint density at radius 3 is 2.65 bits per heavy atom. The van der Waals surface area contributed by atoms with E-state index in [1.165, 1.54) is 12.3 Å². The second-order valence-corrected chi connectivity index (χ2v) is 7.18. The van der Waals surface area contributed by atoms with Gasteiger partial charge in [0.1, 0.15) is 10.4 Å². The Hall–Kier alpha value is -3.11. The summed E-state index contributed by atoms with van der Waals surface area (Å²) in [6.07, 6.45) is 4.58. The van der Waals surface area contributed by atoms with Crippen molar-refractivity contribution >= 4 is 32.1 Å². The first kappa shape index (κ1) is 16.4. The third-order valence-electron chi connectivity index (χ3n) is 3.95. The number of imidazole rings is 1. The molecule has 0 bridgehead atoms. The summed E-state index contributed by atoms with van der Waals surface area (Å²) in [5.74, 6) is 0.482. The van der Waals surface area contributed by atoms with Crippen molar-refractivity contribution in [2.45, 2.75) is 11.4 Å². The molecule has 0 aliphatic rings. The van der Waals surface area contributed by atoms with E-state index in [1.54, 1.807) is 31.8 Å². The number of nitrogens with zero attached hydrogens (tertiary/aromatic N) is 5. The second kappa shape index (κ2) is 6.00. The van der Waals surface area contributed by atoms with Gasteiger partial charge in [-0.2, -0.15) is 4.98 Å². The molecule has 4 heterocycles. The van der Waals surface area contributed by atoms with Gasteiger partial charge in [-0.25, -0.2) is 23.5 Å². The van der Waals surface area contributed by atoms with Gasteiger partial charge in [-0.15, -0.1) is 0 Å². The second-order valence-electron chi connectivity index (χ2n) is 5.62. The molecule has 26 heavy (non-hydrogen) atoms. The van der Waals surface area contributed by atoms with Crippen molar-refractivity contribution in [1.29, 1.82) is 0 Å². The minimum absolute atomic E-state index is 0.0253. The normalized spacial score (nSPS) is 11.9. The number of pyridine rings is 3. The Kier molecular flexibility index (Phi) is 3.78. The molecular formula is C16H14N6O3S. The Morgan fingerprint density at radius 1 is 1.12 bits per heavy atom. The molecule has 0 saturated heterocycles. The topological polar surface area (TPSA) is 126 Å². The van der Waals surface area contributed by atoms with Crippen LogP contribution in [0.4, 0.5) is 0 Å². The summed E-state index contributed by atoms with van der Waals surface area (Å²) in [6.45, 7) is 0.409. The smallest absolute Gasteiger partial charge is 0.239 e. The fraction of sp³-hybridized carbons (Fsp3) is 0.125. The molecule has 0 aliphatic carbocycles. The fourth-order valence-electron chi connectivity index (χ4n) is 2.70. The van der Waals surface area contributed by atoms with E-state index >= 15 is 0 Å². The number of hydrogen-bond donors (Lipinski definition) is 1. The third kappa shape index (κ3) is 2.85. The molecule has 2 N–H and O–H groups in total. The Bertz CT molecular complexity index is 1220.